The molecule has 0 rings (SSSR count). The van der Waals surface area contributed by atoms with Crippen molar-refractivity contribution in [2.24, 2.45) is 17.4 Å². The number of aliphatic hydroxyl groups excluding tert-OH is 1. The summed E-state index contributed by atoms with van der Waals surface area (Å²) in [5, 5.41) is 60.6. The minimum absolute atomic E-state index is 0.0443. The number of nitrogens with one attached hydrogen (secondary N) is 6. The van der Waals surface area contributed by atoms with Gasteiger partial charge in [0, 0.05) is 19.3 Å². The summed E-state index contributed by atoms with van der Waals surface area (Å²) in [5.74, 6) is -12.2. The molecule has 0 fully saturated rings. The van der Waals surface area contributed by atoms with Gasteiger partial charge < -0.3 is 68.9 Å². The van der Waals surface area contributed by atoms with Gasteiger partial charge in [0.2, 0.25) is 35.4 Å². The summed E-state index contributed by atoms with van der Waals surface area (Å²) in [6.07, 6.45) is -3.80. The smallest absolute Gasteiger partial charge is 0.326 e. The molecule has 318 valence electrons. The van der Waals surface area contributed by atoms with E-state index in [-0.39, 0.29) is 12.8 Å². The Hall–Kier alpha value is -5.42. The Balaban J connectivity index is 6.06. The van der Waals surface area contributed by atoms with Crippen LogP contribution in [-0.2, 0) is 47.9 Å². The number of unbranched alkanes of at least 4 members (excludes halogenated alkanes) is 1. The molecule has 0 aliphatic heterocycles. The van der Waals surface area contributed by atoms with Gasteiger partial charge in [0.15, 0.2) is 0 Å². The molecule has 0 heterocycles. The minimum Gasteiger partial charge on any atom is -0.481 e. The first kappa shape index (κ1) is 50.6. The molecule has 0 saturated heterocycles. The highest BCUT2D eigenvalue weighted by atomic mass is 16.4. The van der Waals surface area contributed by atoms with E-state index in [1.165, 1.54) is 13.8 Å². The third kappa shape index (κ3) is 19.8. The number of amides is 6. The topological polar surface area (TPSA) is 396 Å². The van der Waals surface area contributed by atoms with E-state index in [4.69, 9.17) is 16.6 Å². The molecular weight excluding hydrogens is 748 g/mol. The minimum atomic E-state index is -1.69. The number of carboxylic acids is 4. The molecule has 56 heavy (non-hydrogen) atoms. The van der Waals surface area contributed by atoms with Crippen molar-refractivity contribution < 1.29 is 73.5 Å². The number of aliphatic carboxylic acids is 4. The quantitative estimate of drug-likeness (QED) is 0.0336. The first-order chi connectivity index (χ1) is 26.0. The molecule has 6 amide bonds. The van der Waals surface area contributed by atoms with Crippen molar-refractivity contribution in [2.75, 3.05) is 6.54 Å². The summed E-state index contributed by atoms with van der Waals surface area (Å²) < 4.78 is 0. The molecule has 0 unspecified atom stereocenters. The Morgan fingerprint density at radius 3 is 1.38 bits per heavy atom. The van der Waals surface area contributed by atoms with E-state index < -0.39 is 146 Å². The summed E-state index contributed by atoms with van der Waals surface area (Å²) in [6, 6.07) is -10.5. The fraction of sp³-hybridized carbons (Fsp3) is 0.697. The van der Waals surface area contributed by atoms with E-state index in [1.807, 2.05) is 0 Å². The summed E-state index contributed by atoms with van der Waals surface area (Å²) in [6.45, 7) is 5.64. The molecule has 0 aliphatic carbocycles. The molecule has 0 aromatic rings. The molecular formula is C33H56N8O15. The van der Waals surface area contributed by atoms with Gasteiger partial charge in [-0.05, 0) is 64.8 Å². The highest BCUT2D eigenvalue weighted by Gasteiger charge is 2.34. The fourth-order valence-corrected chi connectivity index (χ4v) is 4.89. The zero-order chi connectivity index (χ0) is 43.3. The van der Waals surface area contributed by atoms with Crippen LogP contribution in [0.15, 0.2) is 0 Å². The second-order valence-electron chi connectivity index (χ2n) is 13.4. The van der Waals surface area contributed by atoms with Gasteiger partial charge in [-0.25, -0.2) is 4.79 Å². The monoisotopic (exact) mass is 804 g/mol. The number of carboxylic acid groups (broad SMARTS) is 4. The van der Waals surface area contributed by atoms with Crippen LogP contribution in [0.4, 0.5) is 0 Å². The molecule has 8 atom stereocenters. The Labute approximate surface area is 322 Å². The maximum Gasteiger partial charge on any atom is 0.326 e. The van der Waals surface area contributed by atoms with Gasteiger partial charge in [0.1, 0.15) is 36.3 Å². The highest BCUT2D eigenvalue weighted by molar-refractivity contribution is 5.97. The number of hydrogen-bond acceptors (Lipinski definition) is 13. The second kappa shape index (κ2) is 25.6. The molecule has 15 N–H and O–H groups in total. The van der Waals surface area contributed by atoms with Crippen LogP contribution in [0.25, 0.3) is 0 Å². The lowest BCUT2D eigenvalue weighted by molar-refractivity contribution is -0.143. The number of carbonyl (C=O) groups excluding carboxylic acids is 6. The van der Waals surface area contributed by atoms with Crippen molar-refractivity contribution in [3.63, 3.8) is 0 Å². The van der Waals surface area contributed by atoms with E-state index in [2.05, 4.69) is 31.9 Å². The molecule has 0 aromatic heterocycles. The Morgan fingerprint density at radius 1 is 0.500 bits per heavy atom. The predicted octanol–water partition coefficient (Wildman–Crippen LogP) is -3.91. The molecule has 0 bridgehead atoms. The molecule has 0 aromatic carbocycles. The third-order valence-corrected chi connectivity index (χ3v) is 8.19. The van der Waals surface area contributed by atoms with Gasteiger partial charge in [-0.2, -0.15) is 0 Å². The van der Waals surface area contributed by atoms with E-state index in [0.717, 1.165) is 13.8 Å². The van der Waals surface area contributed by atoms with E-state index >= 15 is 0 Å². The van der Waals surface area contributed by atoms with Gasteiger partial charge in [-0.3, -0.25) is 43.2 Å². The maximum absolute atomic E-state index is 13.5. The lowest BCUT2D eigenvalue weighted by Crippen LogP contribution is -2.60. The van der Waals surface area contributed by atoms with Gasteiger partial charge in [0.05, 0.1) is 12.1 Å². The standard InChI is InChI=1S/C33H56N8O15/c1-15(2)25(31(53)39-21(33(55)56)7-5-6-14-34)40-30(52)20(10-13-24(47)48)38-29(51)19(9-12-23(45)46)37-27(49)16(3)36-32(54)26(17(4)42)41-28(50)18(35)8-11-22(43)44/h15-21,25-26,42H,5-14,34-35H2,1-4H3,(H,36,54)(H,37,49)(H,38,51)(H,39,53)(H,40,52)(H,41,50)(H,43,44)(H,45,46)(H,47,48)(H,55,56)/t16-,17+,18-,19-,20-,21-,25-,26-/m0/s1. The van der Waals surface area contributed by atoms with Gasteiger partial charge in [-0.1, -0.05) is 13.8 Å². The fourth-order valence-electron chi connectivity index (χ4n) is 4.89. The molecule has 23 nitrogen and oxygen atoms in total. The zero-order valence-electron chi connectivity index (χ0n) is 31.7. The molecule has 23 heteroatoms. The average molecular weight is 805 g/mol. The van der Waals surface area contributed by atoms with Crippen LogP contribution in [0.2, 0.25) is 0 Å². The van der Waals surface area contributed by atoms with Crippen molar-refractivity contribution in [1.82, 2.24) is 31.9 Å². The van der Waals surface area contributed by atoms with Crippen LogP contribution in [-0.4, -0.2) is 140 Å². The average Bonchev–Trinajstić information content (AvgIpc) is 3.10. The molecule has 0 radical (unpaired) electrons. The van der Waals surface area contributed by atoms with Crippen molar-refractivity contribution >= 4 is 59.3 Å². The molecule has 0 spiro atoms. The lowest BCUT2D eigenvalue weighted by Gasteiger charge is -2.28. The molecule has 0 saturated carbocycles. The van der Waals surface area contributed by atoms with Crippen molar-refractivity contribution in [3.8, 4) is 0 Å². The van der Waals surface area contributed by atoms with Crippen LogP contribution in [0.5, 0.6) is 0 Å². The number of aliphatic hydroxyl groups is 1. The number of carbonyl (C=O) groups is 10. The number of rotatable bonds is 28. The summed E-state index contributed by atoms with van der Waals surface area (Å²) >= 11 is 0. The van der Waals surface area contributed by atoms with Crippen LogP contribution in [0.3, 0.4) is 0 Å². The van der Waals surface area contributed by atoms with Gasteiger partial charge in [-0.15, -0.1) is 0 Å². The van der Waals surface area contributed by atoms with Crippen LogP contribution in [0.1, 0.15) is 85.5 Å². The lowest BCUT2D eigenvalue weighted by atomic mass is 10.0. The normalized spacial score (nSPS) is 15.3. The second-order valence-corrected chi connectivity index (χ2v) is 13.4. The maximum atomic E-state index is 13.5. The summed E-state index contributed by atoms with van der Waals surface area (Å²) in [5.41, 5.74) is 11.1. The number of nitrogens with two attached hydrogens (primary N) is 2. The van der Waals surface area contributed by atoms with Crippen molar-refractivity contribution in [2.45, 2.75) is 134 Å². The van der Waals surface area contributed by atoms with Gasteiger partial charge >= 0.3 is 23.9 Å². The van der Waals surface area contributed by atoms with Gasteiger partial charge in [0.25, 0.3) is 0 Å². The predicted molar refractivity (Wildman–Crippen MR) is 193 cm³/mol. The van der Waals surface area contributed by atoms with E-state index in [1.54, 1.807) is 0 Å². The van der Waals surface area contributed by atoms with E-state index in [0.29, 0.717) is 19.4 Å². The summed E-state index contributed by atoms with van der Waals surface area (Å²) in [7, 11) is 0. The molecule has 0 aliphatic rings. The Kier molecular flexibility index (Phi) is 23.1. The Bertz CT molecular complexity index is 1410. The van der Waals surface area contributed by atoms with Crippen LogP contribution < -0.4 is 43.4 Å². The SMILES string of the molecule is CC(C)[C@H](NC(=O)[C@H](CCC(=O)O)NC(=O)[C@H](CCC(=O)O)NC(=O)[C@H](C)NC(=O)[C@@H](NC(=O)[C@@H](N)CCC(=O)O)[C@@H](C)O)C(=O)N[C@@H](CCCCN)C(=O)O. The Morgan fingerprint density at radius 2 is 0.929 bits per heavy atom. The zero-order valence-corrected chi connectivity index (χ0v) is 31.7. The van der Waals surface area contributed by atoms with Crippen molar-refractivity contribution in [3.05, 3.63) is 0 Å². The third-order valence-electron chi connectivity index (χ3n) is 8.19. The van der Waals surface area contributed by atoms with Crippen molar-refractivity contribution in [1.29, 1.82) is 0 Å². The highest BCUT2D eigenvalue weighted by Crippen LogP contribution is 2.09. The van der Waals surface area contributed by atoms with Crippen LogP contribution in [0, 0.1) is 5.92 Å². The van der Waals surface area contributed by atoms with E-state index in [9.17, 15) is 68.4 Å². The largest absolute Gasteiger partial charge is 0.481 e. The number of hydrogen-bond donors (Lipinski definition) is 13. The first-order valence-corrected chi connectivity index (χ1v) is 17.9. The summed E-state index contributed by atoms with van der Waals surface area (Å²) in [4.78, 5) is 124. The first-order valence-electron chi connectivity index (χ1n) is 17.9. The van der Waals surface area contributed by atoms with Crippen LogP contribution >= 0.6 is 0 Å².